The number of rotatable bonds is 5. The fourth-order valence-electron chi connectivity index (χ4n) is 3.38. The Balaban J connectivity index is 1.46. The minimum absolute atomic E-state index is 0.201. The summed E-state index contributed by atoms with van der Waals surface area (Å²) in [6.07, 6.45) is 1.42. The summed E-state index contributed by atoms with van der Waals surface area (Å²) < 4.78 is 0. The molecule has 4 rings (SSSR count). The number of nitrogens with zero attached hydrogens (tertiary/aromatic N) is 2. The van der Waals surface area contributed by atoms with Crippen molar-refractivity contribution in [1.29, 1.82) is 0 Å². The molecule has 3 heterocycles. The number of H-pyrrole nitrogens is 1. The maximum atomic E-state index is 10.5. The lowest BCUT2D eigenvalue weighted by atomic mass is 10.0. The van der Waals surface area contributed by atoms with Crippen LogP contribution in [0.3, 0.4) is 0 Å². The monoisotopic (exact) mass is 371 g/mol. The summed E-state index contributed by atoms with van der Waals surface area (Å²) in [4.78, 5) is 11.3. The summed E-state index contributed by atoms with van der Waals surface area (Å²) in [5.74, 6) is 1.93. The molecule has 0 saturated carbocycles. The molecule has 1 fully saturated rings. The van der Waals surface area contributed by atoms with Gasteiger partial charge >= 0.3 is 0 Å². The lowest BCUT2D eigenvalue weighted by molar-refractivity contribution is 0.0308. The molecule has 1 aliphatic heterocycles. The molecule has 0 bridgehead atoms. The van der Waals surface area contributed by atoms with Crippen LogP contribution in [-0.4, -0.2) is 49.2 Å². The summed E-state index contributed by atoms with van der Waals surface area (Å²) >= 11 is 1.73. The van der Waals surface area contributed by atoms with E-state index in [1.54, 1.807) is 18.0 Å². The molecule has 136 valence electrons. The number of hydrogen-bond donors (Lipinski definition) is 5. The van der Waals surface area contributed by atoms with Gasteiger partial charge in [0.1, 0.15) is 17.9 Å². The van der Waals surface area contributed by atoms with E-state index in [0.29, 0.717) is 22.6 Å². The Hall–Kier alpha value is -2.13. The Morgan fingerprint density at radius 1 is 1.12 bits per heavy atom. The first-order valence-corrected chi connectivity index (χ1v) is 9.62. The summed E-state index contributed by atoms with van der Waals surface area (Å²) in [6, 6.07) is 9.59. The van der Waals surface area contributed by atoms with E-state index < -0.39 is 18.2 Å². The van der Waals surface area contributed by atoms with Crippen LogP contribution >= 0.6 is 11.8 Å². The number of thioether (sulfide) groups is 1. The molecule has 2 aromatic heterocycles. The largest absolute Gasteiger partial charge is 0.389 e. The third-order valence-electron chi connectivity index (χ3n) is 4.76. The molecule has 0 spiro atoms. The van der Waals surface area contributed by atoms with Gasteiger partial charge in [0.25, 0.3) is 0 Å². The topological polar surface area (TPSA) is 120 Å². The van der Waals surface area contributed by atoms with Gasteiger partial charge in [-0.3, -0.25) is 0 Å². The summed E-state index contributed by atoms with van der Waals surface area (Å²) in [5, 5.41) is 24.3. The van der Waals surface area contributed by atoms with Crippen LogP contribution in [0.2, 0.25) is 0 Å². The molecule has 0 radical (unpaired) electrons. The number of aromatic nitrogens is 3. The maximum Gasteiger partial charge on any atom is 0.151 e. The molecular weight excluding hydrogens is 350 g/mol. The van der Waals surface area contributed by atoms with Crippen molar-refractivity contribution in [2.24, 2.45) is 0 Å². The van der Waals surface area contributed by atoms with Gasteiger partial charge in [0.05, 0.1) is 17.7 Å². The highest BCUT2D eigenvalue weighted by molar-refractivity contribution is 7.98. The van der Waals surface area contributed by atoms with Gasteiger partial charge in [-0.2, -0.15) is 11.8 Å². The zero-order valence-electron chi connectivity index (χ0n) is 14.0. The van der Waals surface area contributed by atoms with E-state index >= 15 is 0 Å². The predicted octanol–water partition coefficient (Wildman–Crippen LogP) is 1.21. The van der Waals surface area contributed by atoms with Crippen LogP contribution in [0.5, 0.6) is 0 Å². The van der Waals surface area contributed by atoms with Gasteiger partial charge < -0.3 is 26.2 Å². The highest BCUT2D eigenvalue weighted by Gasteiger charge is 2.42. The zero-order chi connectivity index (χ0) is 18.1. The molecule has 7 nitrogen and oxygen atoms in total. The quantitative estimate of drug-likeness (QED) is 0.457. The van der Waals surface area contributed by atoms with Crippen LogP contribution < -0.4 is 11.1 Å². The van der Waals surface area contributed by atoms with E-state index in [2.05, 4.69) is 32.4 Å². The van der Waals surface area contributed by atoms with Crippen LogP contribution in [0.25, 0.3) is 11.0 Å². The van der Waals surface area contributed by atoms with Crippen LogP contribution in [0, 0.1) is 0 Å². The average molecular weight is 371 g/mol. The Bertz CT molecular complexity index is 888. The van der Waals surface area contributed by atoms with E-state index in [0.717, 1.165) is 11.3 Å². The number of aliphatic hydroxyl groups excluding tert-OH is 2. The standard InChI is InChI=1S/C18H21N5O2S/c19-18-15-13(21-9-22-18)11(6-20-15)14-17(25)16(24)12(23-14)8-26-7-10-4-2-1-3-5-10/h1-6,9,12,14,16-17,20,23-25H,7-8H2,(H2,19,21,22)/t12-,14+,16?,17?/m1/s1. The van der Waals surface area contributed by atoms with Gasteiger partial charge in [0.2, 0.25) is 0 Å². The van der Waals surface area contributed by atoms with Gasteiger partial charge in [-0.05, 0) is 5.56 Å². The van der Waals surface area contributed by atoms with Crippen molar-refractivity contribution in [2.45, 2.75) is 30.0 Å². The van der Waals surface area contributed by atoms with E-state index in [1.165, 1.54) is 11.9 Å². The molecule has 26 heavy (non-hydrogen) atoms. The number of nitrogens with two attached hydrogens (primary N) is 1. The smallest absolute Gasteiger partial charge is 0.151 e. The highest BCUT2D eigenvalue weighted by Crippen LogP contribution is 2.33. The molecule has 6 N–H and O–H groups in total. The Labute approximate surface area is 155 Å². The van der Waals surface area contributed by atoms with Gasteiger partial charge in [-0.15, -0.1) is 0 Å². The minimum Gasteiger partial charge on any atom is -0.389 e. The third-order valence-corrected chi connectivity index (χ3v) is 5.90. The minimum atomic E-state index is -0.910. The van der Waals surface area contributed by atoms with E-state index in [1.807, 2.05) is 18.2 Å². The molecule has 3 aromatic rings. The third kappa shape index (κ3) is 3.16. The van der Waals surface area contributed by atoms with Crippen molar-refractivity contribution >= 4 is 28.6 Å². The molecule has 0 amide bonds. The van der Waals surface area contributed by atoms with E-state index in [9.17, 15) is 10.2 Å². The van der Waals surface area contributed by atoms with E-state index in [4.69, 9.17) is 5.73 Å². The van der Waals surface area contributed by atoms with Crippen LogP contribution in [0.15, 0.2) is 42.9 Å². The number of aromatic amines is 1. The molecule has 0 aliphatic carbocycles. The normalized spacial score (nSPS) is 25.8. The van der Waals surface area contributed by atoms with Crippen LogP contribution in [0.4, 0.5) is 5.82 Å². The number of fused-ring (bicyclic) bond motifs is 1. The molecule has 1 aromatic carbocycles. The second kappa shape index (κ2) is 7.24. The first-order chi connectivity index (χ1) is 12.6. The number of anilines is 1. The summed E-state index contributed by atoms with van der Waals surface area (Å²) in [7, 11) is 0. The van der Waals surface area contributed by atoms with Crippen LogP contribution in [0.1, 0.15) is 17.2 Å². The van der Waals surface area contributed by atoms with Crippen molar-refractivity contribution in [2.75, 3.05) is 11.5 Å². The number of aliphatic hydroxyl groups is 2. The maximum absolute atomic E-state index is 10.5. The molecule has 1 saturated heterocycles. The molecule has 2 unspecified atom stereocenters. The second-order valence-electron chi connectivity index (χ2n) is 6.46. The van der Waals surface area contributed by atoms with Crippen molar-refractivity contribution in [3.63, 3.8) is 0 Å². The lowest BCUT2D eigenvalue weighted by Gasteiger charge is -2.15. The van der Waals surface area contributed by atoms with Crippen molar-refractivity contribution < 1.29 is 10.2 Å². The highest BCUT2D eigenvalue weighted by atomic mass is 32.2. The Morgan fingerprint density at radius 2 is 1.92 bits per heavy atom. The molecule has 8 heteroatoms. The summed E-state index contributed by atoms with van der Waals surface area (Å²) in [6.45, 7) is 0. The van der Waals surface area contributed by atoms with Crippen molar-refractivity contribution in [3.8, 4) is 0 Å². The fraction of sp³-hybridized carbons (Fsp3) is 0.333. The average Bonchev–Trinajstić information content (AvgIpc) is 3.20. The zero-order valence-corrected chi connectivity index (χ0v) is 14.9. The molecule has 4 atom stereocenters. The lowest BCUT2D eigenvalue weighted by Crippen LogP contribution is -2.35. The van der Waals surface area contributed by atoms with Crippen molar-refractivity contribution in [3.05, 3.63) is 54.0 Å². The number of hydrogen-bond acceptors (Lipinski definition) is 7. The number of benzene rings is 1. The van der Waals surface area contributed by atoms with Gasteiger partial charge in [0.15, 0.2) is 5.82 Å². The van der Waals surface area contributed by atoms with E-state index in [-0.39, 0.29) is 6.04 Å². The van der Waals surface area contributed by atoms with Crippen molar-refractivity contribution in [1.82, 2.24) is 20.3 Å². The Kier molecular flexibility index (Phi) is 4.82. The van der Waals surface area contributed by atoms with Gasteiger partial charge in [0, 0.05) is 29.3 Å². The molecule has 1 aliphatic rings. The SMILES string of the molecule is Nc1ncnc2c([C@@H]3N[C@H](CSCc4ccccc4)C(O)C3O)c[nH]c12. The first-order valence-electron chi connectivity index (χ1n) is 8.46. The molecular formula is C18H21N5O2S. The number of nitrogen functional groups attached to an aromatic ring is 1. The predicted molar refractivity (Wildman–Crippen MR) is 103 cm³/mol. The fourth-order valence-corrected chi connectivity index (χ4v) is 4.47. The summed E-state index contributed by atoms with van der Waals surface area (Å²) in [5.41, 5.74) is 9.20. The second-order valence-corrected chi connectivity index (χ2v) is 7.49. The Morgan fingerprint density at radius 3 is 2.73 bits per heavy atom. The van der Waals surface area contributed by atoms with Gasteiger partial charge in [-0.1, -0.05) is 30.3 Å². The van der Waals surface area contributed by atoms with Crippen LogP contribution in [-0.2, 0) is 5.75 Å². The first kappa shape index (κ1) is 17.3. The number of nitrogens with one attached hydrogen (secondary N) is 2. The van der Waals surface area contributed by atoms with Gasteiger partial charge in [-0.25, -0.2) is 9.97 Å².